The van der Waals surface area contributed by atoms with E-state index in [0.29, 0.717) is 13.1 Å². The SMILES string of the molecule is CCN(CC)Cc1cnc(S(=O)(=O)CC)n1Cc1ccccc1. The number of hydrogen-bond acceptors (Lipinski definition) is 4. The van der Waals surface area contributed by atoms with Crippen LogP contribution in [0.1, 0.15) is 32.0 Å². The number of imidazole rings is 1. The lowest BCUT2D eigenvalue weighted by Gasteiger charge is -2.19. The van der Waals surface area contributed by atoms with E-state index in [1.165, 1.54) is 0 Å². The van der Waals surface area contributed by atoms with Crippen LogP contribution in [0, 0.1) is 0 Å². The first kappa shape index (κ1) is 17.7. The highest BCUT2D eigenvalue weighted by Gasteiger charge is 2.22. The van der Waals surface area contributed by atoms with Gasteiger partial charge in [0.25, 0.3) is 0 Å². The quantitative estimate of drug-likeness (QED) is 0.744. The van der Waals surface area contributed by atoms with Gasteiger partial charge in [0.05, 0.1) is 24.2 Å². The van der Waals surface area contributed by atoms with Gasteiger partial charge in [-0.2, -0.15) is 0 Å². The number of sulfone groups is 1. The van der Waals surface area contributed by atoms with Gasteiger partial charge in [0.2, 0.25) is 15.0 Å². The van der Waals surface area contributed by atoms with E-state index in [-0.39, 0.29) is 10.9 Å². The summed E-state index contributed by atoms with van der Waals surface area (Å²) in [6.07, 6.45) is 1.70. The molecule has 0 amide bonds. The Kier molecular flexibility index (Phi) is 5.96. The molecule has 1 aromatic carbocycles. The Morgan fingerprint density at radius 1 is 1.09 bits per heavy atom. The van der Waals surface area contributed by atoms with E-state index in [4.69, 9.17) is 0 Å². The van der Waals surface area contributed by atoms with Gasteiger partial charge >= 0.3 is 0 Å². The fraction of sp³-hybridized carbons (Fsp3) is 0.471. The second-order valence-electron chi connectivity index (χ2n) is 5.47. The molecule has 0 fully saturated rings. The van der Waals surface area contributed by atoms with Crippen LogP contribution in [0.25, 0.3) is 0 Å². The van der Waals surface area contributed by atoms with Gasteiger partial charge in [-0.05, 0) is 18.7 Å². The molecule has 0 aliphatic heterocycles. The van der Waals surface area contributed by atoms with Crippen LogP contribution in [-0.4, -0.2) is 41.7 Å². The molecule has 0 aliphatic rings. The molecule has 0 bridgehead atoms. The summed E-state index contributed by atoms with van der Waals surface area (Å²) >= 11 is 0. The van der Waals surface area contributed by atoms with Crippen molar-refractivity contribution in [2.45, 2.75) is 39.0 Å². The summed E-state index contributed by atoms with van der Waals surface area (Å²) in [6, 6.07) is 9.89. The minimum atomic E-state index is -3.34. The van der Waals surface area contributed by atoms with Crippen LogP contribution >= 0.6 is 0 Å². The van der Waals surface area contributed by atoms with Crippen molar-refractivity contribution < 1.29 is 8.42 Å². The lowest BCUT2D eigenvalue weighted by molar-refractivity contribution is 0.287. The van der Waals surface area contributed by atoms with Gasteiger partial charge in [0, 0.05) is 6.54 Å². The number of rotatable bonds is 8. The third-order valence-electron chi connectivity index (χ3n) is 4.02. The summed E-state index contributed by atoms with van der Waals surface area (Å²) in [6.45, 7) is 8.92. The van der Waals surface area contributed by atoms with Crippen molar-refractivity contribution in [3.63, 3.8) is 0 Å². The maximum absolute atomic E-state index is 12.4. The molecule has 0 radical (unpaired) electrons. The molecular weight excluding hydrogens is 310 g/mol. The van der Waals surface area contributed by atoms with Gasteiger partial charge in [-0.15, -0.1) is 0 Å². The highest BCUT2D eigenvalue weighted by atomic mass is 32.2. The van der Waals surface area contributed by atoms with Crippen molar-refractivity contribution in [2.24, 2.45) is 0 Å². The summed E-state index contributed by atoms with van der Waals surface area (Å²) < 4.78 is 26.5. The maximum atomic E-state index is 12.4. The van der Waals surface area contributed by atoms with Crippen LogP contribution in [0.3, 0.4) is 0 Å². The second kappa shape index (κ2) is 7.75. The van der Waals surface area contributed by atoms with Crippen molar-refractivity contribution in [2.75, 3.05) is 18.8 Å². The fourth-order valence-electron chi connectivity index (χ4n) is 2.51. The Labute approximate surface area is 138 Å². The largest absolute Gasteiger partial charge is 0.313 e. The predicted octanol–water partition coefficient (Wildman–Crippen LogP) is 2.57. The highest BCUT2D eigenvalue weighted by Crippen LogP contribution is 2.17. The molecule has 0 saturated carbocycles. The number of hydrogen-bond donors (Lipinski definition) is 0. The van der Waals surface area contributed by atoms with Crippen molar-refractivity contribution in [1.82, 2.24) is 14.5 Å². The smallest absolute Gasteiger partial charge is 0.228 e. The fourth-order valence-corrected chi connectivity index (χ4v) is 3.50. The minimum absolute atomic E-state index is 0.0590. The molecule has 0 atom stereocenters. The van der Waals surface area contributed by atoms with Gasteiger partial charge in [-0.25, -0.2) is 13.4 Å². The molecular formula is C17H25N3O2S. The monoisotopic (exact) mass is 335 g/mol. The maximum Gasteiger partial charge on any atom is 0.228 e. The molecule has 1 aromatic heterocycles. The molecule has 126 valence electrons. The van der Waals surface area contributed by atoms with Crippen molar-refractivity contribution in [1.29, 1.82) is 0 Å². The van der Waals surface area contributed by atoms with Crippen molar-refractivity contribution in [3.8, 4) is 0 Å². The molecule has 1 heterocycles. The highest BCUT2D eigenvalue weighted by molar-refractivity contribution is 7.91. The number of nitrogens with zero attached hydrogens (tertiary/aromatic N) is 3. The average molecular weight is 335 g/mol. The summed E-state index contributed by atoms with van der Waals surface area (Å²) in [4.78, 5) is 6.48. The van der Waals surface area contributed by atoms with Gasteiger partial charge in [-0.3, -0.25) is 4.90 Å². The zero-order valence-electron chi connectivity index (χ0n) is 14.1. The Hall–Kier alpha value is -1.66. The molecule has 2 rings (SSSR count). The van der Waals surface area contributed by atoms with E-state index in [1.54, 1.807) is 13.1 Å². The Morgan fingerprint density at radius 2 is 1.74 bits per heavy atom. The van der Waals surface area contributed by atoms with Gasteiger partial charge in [0.15, 0.2) is 0 Å². The van der Waals surface area contributed by atoms with E-state index in [2.05, 4.69) is 23.7 Å². The van der Waals surface area contributed by atoms with E-state index in [0.717, 1.165) is 24.3 Å². The van der Waals surface area contributed by atoms with Gasteiger partial charge in [0.1, 0.15) is 0 Å². The van der Waals surface area contributed by atoms with E-state index in [1.807, 2.05) is 34.9 Å². The topological polar surface area (TPSA) is 55.2 Å². The third-order valence-corrected chi connectivity index (χ3v) is 5.67. The Bertz CT molecular complexity index is 720. The standard InChI is InChI=1S/C17H25N3O2S/c1-4-19(5-2)14-16-12-18-17(23(21,22)6-3)20(16)13-15-10-8-7-9-11-15/h7-12H,4-6,13-14H2,1-3H3. The zero-order valence-corrected chi connectivity index (χ0v) is 14.9. The molecule has 0 spiro atoms. The third kappa shape index (κ3) is 4.20. The summed E-state index contributed by atoms with van der Waals surface area (Å²) in [5, 5.41) is 0.172. The zero-order chi connectivity index (χ0) is 16.9. The Balaban J connectivity index is 2.43. The van der Waals surface area contributed by atoms with E-state index >= 15 is 0 Å². The number of aromatic nitrogens is 2. The molecule has 5 nitrogen and oxygen atoms in total. The van der Waals surface area contributed by atoms with Crippen LogP contribution < -0.4 is 0 Å². The van der Waals surface area contributed by atoms with Gasteiger partial charge < -0.3 is 4.57 Å². The van der Waals surface area contributed by atoms with E-state index < -0.39 is 9.84 Å². The normalized spacial score (nSPS) is 12.0. The van der Waals surface area contributed by atoms with Crippen LogP contribution in [0.5, 0.6) is 0 Å². The first-order chi connectivity index (χ1) is 11.0. The molecule has 0 unspecified atom stereocenters. The molecule has 6 heteroatoms. The van der Waals surface area contributed by atoms with Gasteiger partial charge in [-0.1, -0.05) is 51.1 Å². The average Bonchev–Trinajstić information content (AvgIpc) is 2.96. The summed E-state index contributed by atoms with van der Waals surface area (Å²) in [5.41, 5.74) is 2.00. The minimum Gasteiger partial charge on any atom is -0.313 e. The molecule has 23 heavy (non-hydrogen) atoms. The second-order valence-corrected chi connectivity index (χ2v) is 7.64. The van der Waals surface area contributed by atoms with Crippen molar-refractivity contribution in [3.05, 3.63) is 47.8 Å². The van der Waals surface area contributed by atoms with Crippen LogP contribution in [-0.2, 0) is 22.9 Å². The Morgan fingerprint density at radius 3 is 2.30 bits per heavy atom. The molecule has 2 aromatic rings. The van der Waals surface area contributed by atoms with Crippen LogP contribution in [0.2, 0.25) is 0 Å². The predicted molar refractivity (Wildman–Crippen MR) is 92.1 cm³/mol. The first-order valence-corrected chi connectivity index (χ1v) is 9.70. The van der Waals surface area contributed by atoms with Crippen molar-refractivity contribution >= 4 is 9.84 Å². The molecule has 0 saturated heterocycles. The molecule has 0 aliphatic carbocycles. The summed E-state index contributed by atoms with van der Waals surface area (Å²) in [5.74, 6) is 0.0590. The van der Waals surface area contributed by atoms with Crippen LogP contribution in [0.15, 0.2) is 41.7 Å². The molecule has 0 N–H and O–H groups in total. The van der Waals surface area contributed by atoms with E-state index in [9.17, 15) is 8.42 Å². The lowest BCUT2D eigenvalue weighted by atomic mass is 10.2. The lowest BCUT2D eigenvalue weighted by Crippen LogP contribution is -2.24. The first-order valence-electron chi connectivity index (χ1n) is 8.05. The number of benzene rings is 1. The van der Waals surface area contributed by atoms with Crippen LogP contribution in [0.4, 0.5) is 0 Å². The summed E-state index contributed by atoms with van der Waals surface area (Å²) in [7, 11) is -3.34.